The molecule has 0 spiro atoms. The van der Waals surface area contributed by atoms with Gasteiger partial charge in [0.25, 0.3) is 5.69 Å². The van der Waals surface area contributed by atoms with Gasteiger partial charge in [0.2, 0.25) is 0 Å². The van der Waals surface area contributed by atoms with E-state index in [9.17, 15) is 10.1 Å². The van der Waals surface area contributed by atoms with Crippen LogP contribution >= 0.6 is 24.0 Å². The van der Waals surface area contributed by atoms with Crippen LogP contribution in [0, 0.1) is 10.1 Å². The van der Waals surface area contributed by atoms with Gasteiger partial charge in [-0.05, 0) is 31.2 Å². The number of non-ortho nitro benzene ring substituents is 1. The van der Waals surface area contributed by atoms with Gasteiger partial charge in [0.1, 0.15) is 0 Å². The predicted molar refractivity (Wildman–Crippen MR) is 110 cm³/mol. The molecule has 0 bridgehead atoms. The predicted octanol–water partition coefficient (Wildman–Crippen LogP) is 3.23. The average molecular weight is 462 g/mol. The zero-order valence-corrected chi connectivity index (χ0v) is 16.9. The quantitative estimate of drug-likeness (QED) is 0.214. The van der Waals surface area contributed by atoms with Crippen molar-refractivity contribution in [2.45, 2.75) is 45.3 Å². The Morgan fingerprint density at radius 3 is 2.68 bits per heavy atom. The maximum atomic E-state index is 10.7. The smallest absolute Gasteiger partial charge is 0.269 e. The fourth-order valence-electron chi connectivity index (χ4n) is 2.49. The number of hydrogen-bond acceptors (Lipinski definition) is 4. The lowest BCUT2D eigenvalue weighted by molar-refractivity contribution is -0.384. The fourth-order valence-corrected chi connectivity index (χ4v) is 2.49. The summed E-state index contributed by atoms with van der Waals surface area (Å²) in [4.78, 5) is 14.8. The number of ether oxygens (including phenoxy) is 1. The Bertz CT molecular complexity index is 545. The normalized spacial score (nSPS) is 17.5. The number of nitrogens with one attached hydrogen (secondary N) is 2. The summed E-state index contributed by atoms with van der Waals surface area (Å²) in [6, 6.07) is 6.49. The number of nitrogens with zero attached hydrogens (tertiary/aromatic N) is 2. The second-order valence-corrected chi connectivity index (χ2v) is 5.88. The van der Waals surface area contributed by atoms with Crippen molar-refractivity contribution in [2.75, 3.05) is 19.7 Å². The van der Waals surface area contributed by atoms with Gasteiger partial charge in [-0.15, -0.1) is 24.0 Å². The van der Waals surface area contributed by atoms with Crippen molar-refractivity contribution in [3.8, 4) is 0 Å². The van der Waals surface area contributed by atoms with E-state index in [0.29, 0.717) is 6.54 Å². The topological polar surface area (TPSA) is 88.8 Å². The number of nitro groups is 1. The molecule has 8 heteroatoms. The van der Waals surface area contributed by atoms with Gasteiger partial charge in [0.05, 0.1) is 17.6 Å². The van der Waals surface area contributed by atoms with E-state index in [1.165, 1.54) is 18.6 Å². The molecule has 0 radical (unpaired) electrons. The zero-order valence-electron chi connectivity index (χ0n) is 14.6. The van der Waals surface area contributed by atoms with Crippen molar-refractivity contribution < 1.29 is 9.66 Å². The minimum atomic E-state index is -0.396. The highest BCUT2D eigenvalue weighted by molar-refractivity contribution is 14.0. The molecule has 25 heavy (non-hydrogen) atoms. The largest absolute Gasteiger partial charge is 0.376 e. The molecule has 1 fully saturated rings. The Morgan fingerprint density at radius 1 is 1.32 bits per heavy atom. The Hall–Kier alpha value is -1.42. The molecule has 1 unspecified atom stereocenters. The van der Waals surface area contributed by atoms with Crippen LogP contribution in [0.5, 0.6) is 0 Å². The third-order valence-corrected chi connectivity index (χ3v) is 3.88. The first-order chi connectivity index (χ1) is 11.7. The minimum absolute atomic E-state index is 0. The number of rotatable bonds is 7. The van der Waals surface area contributed by atoms with Gasteiger partial charge in [0.15, 0.2) is 5.96 Å². The lowest BCUT2D eigenvalue weighted by atomic mass is 10.1. The number of halogens is 1. The van der Waals surface area contributed by atoms with E-state index in [1.54, 1.807) is 12.1 Å². The molecule has 0 amide bonds. The van der Waals surface area contributed by atoms with Gasteiger partial charge in [-0.3, -0.25) is 10.1 Å². The first-order valence-corrected chi connectivity index (χ1v) is 8.56. The molecule has 140 valence electrons. The van der Waals surface area contributed by atoms with Gasteiger partial charge >= 0.3 is 0 Å². The van der Waals surface area contributed by atoms with E-state index in [-0.39, 0.29) is 35.8 Å². The molecular weight excluding hydrogens is 435 g/mol. The standard InChI is InChI=1S/C17H26N4O3.HI/c1-2-10-18-17(20-13-16-5-3-4-11-24-16)19-12-14-6-8-15(9-7-14)21(22)23;/h6-9,16H,2-5,10-13H2,1H3,(H2,18,19,20);1H. The Kier molecular flexibility index (Phi) is 10.4. The van der Waals surface area contributed by atoms with Crippen molar-refractivity contribution in [3.05, 3.63) is 39.9 Å². The number of nitro benzene ring substituents is 1. The van der Waals surface area contributed by atoms with Crippen molar-refractivity contribution >= 4 is 35.6 Å². The molecule has 1 aromatic carbocycles. The first kappa shape index (κ1) is 21.6. The van der Waals surface area contributed by atoms with Gasteiger partial charge < -0.3 is 15.4 Å². The SMILES string of the molecule is CCCNC(=NCc1ccc([N+](=O)[O-])cc1)NCC1CCCCO1.I. The average Bonchev–Trinajstić information content (AvgIpc) is 2.62. The second kappa shape index (κ2) is 12.0. The summed E-state index contributed by atoms with van der Waals surface area (Å²) in [6.45, 7) is 5.01. The Labute approximate surface area is 165 Å². The Balaban J connectivity index is 0.00000312. The van der Waals surface area contributed by atoms with Crippen LogP contribution in [0.2, 0.25) is 0 Å². The summed E-state index contributed by atoms with van der Waals surface area (Å²) in [6.07, 6.45) is 4.69. The highest BCUT2D eigenvalue weighted by atomic mass is 127. The van der Waals surface area contributed by atoms with Gasteiger partial charge in [-0.1, -0.05) is 19.1 Å². The lowest BCUT2D eigenvalue weighted by Crippen LogP contribution is -2.42. The van der Waals surface area contributed by atoms with Crippen molar-refractivity contribution in [1.82, 2.24) is 10.6 Å². The molecule has 1 saturated heterocycles. The maximum Gasteiger partial charge on any atom is 0.269 e. The Morgan fingerprint density at radius 2 is 2.08 bits per heavy atom. The van der Waals surface area contributed by atoms with Crippen LogP contribution in [-0.2, 0) is 11.3 Å². The molecule has 7 nitrogen and oxygen atoms in total. The summed E-state index contributed by atoms with van der Waals surface area (Å²) in [5, 5.41) is 17.3. The van der Waals surface area contributed by atoms with E-state index in [0.717, 1.165) is 50.5 Å². The monoisotopic (exact) mass is 462 g/mol. The molecule has 1 atom stereocenters. The number of hydrogen-bond donors (Lipinski definition) is 2. The third-order valence-electron chi connectivity index (χ3n) is 3.88. The molecule has 0 saturated carbocycles. The van der Waals surface area contributed by atoms with Crippen LogP contribution in [0.25, 0.3) is 0 Å². The highest BCUT2D eigenvalue weighted by Crippen LogP contribution is 2.13. The minimum Gasteiger partial charge on any atom is -0.376 e. The zero-order chi connectivity index (χ0) is 17.2. The van der Waals surface area contributed by atoms with Crippen LogP contribution in [0.4, 0.5) is 5.69 Å². The molecule has 0 aromatic heterocycles. The third kappa shape index (κ3) is 8.00. The van der Waals surface area contributed by atoms with Crippen molar-refractivity contribution in [2.24, 2.45) is 4.99 Å². The first-order valence-electron chi connectivity index (χ1n) is 8.56. The number of aliphatic imine (C=N–C) groups is 1. The van der Waals surface area contributed by atoms with E-state index >= 15 is 0 Å². The summed E-state index contributed by atoms with van der Waals surface area (Å²) < 4.78 is 5.72. The van der Waals surface area contributed by atoms with Gasteiger partial charge in [0, 0.05) is 31.8 Å². The summed E-state index contributed by atoms with van der Waals surface area (Å²) in [5.41, 5.74) is 1.03. The van der Waals surface area contributed by atoms with Crippen LogP contribution in [0.1, 0.15) is 38.2 Å². The van der Waals surface area contributed by atoms with Crippen molar-refractivity contribution in [3.63, 3.8) is 0 Å². The molecular formula is C17H27IN4O3. The molecule has 1 heterocycles. The highest BCUT2D eigenvalue weighted by Gasteiger charge is 2.14. The van der Waals surface area contributed by atoms with Crippen LogP contribution < -0.4 is 10.6 Å². The van der Waals surface area contributed by atoms with E-state index in [2.05, 4.69) is 22.5 Å². The van der Waals surface area contributed by atoms with E-state index in [4.69, 9.17) is 4.74 Å². The fraction of sp³-hybridized carbons (Fsp3) is 0.588. The summed E-state index contributed by atoms with van der Waals surface area (Å²) >= 11 is 0. The number of guanidine groups is 1. The van der Waals surface area contributed by atoms with Crippen LogP contribution in [-0.4, -0.2) is 36.7 Å². The summed E-state index contributed by atoms with van der Waals surface area (Å²) in [7, 11) is 0. The molecule has 2 N–H and O–H groups in total. The molecule has 2 rings (SSSR count). The van der Waals surface area contributed by atoms with E-state index < -0.39 is 4.92 Å². The van der Waals surface area contributed by atoms with Gasteiger partial charge in [-0.2, -0.15) is 0 Å². The molecule has 1 aliphatic rings. The van der Waals surface area contributed by atoms with E-state index in [1.807, 2.05) is 0 Å². The summed E-state index contributed by atoms with van der Waals surface area (Å²) in [5.74, 6) is 0.754. The molecule has 1 aromatic rings. The van der Waals surface area contributed by atoms with Crippen molar-refractivity contribution in [1.29, 1.82) is 0 Å². The molecule has 1 aliphatic heterocycles. The second-order valence-electron chi connectivity index (χ2n) is 5.88. The van der Waals surface area contributed by atoms with Crippen LogP contribution in [0.3, 0.4) is 0 Å². The van der Waals surface area contributed by atoms with Gasteiger partial charge in [-0.25, -0.2) is 4.99 Å². The molecule has 0 aliphatic carbocycles. The van der Waals surface area contributed by atoms with Crippen LogP contribution in [0.15, 0.2) is 29.3 Å². The lowest BCUT2D eigenvalue weighted by Gasteiger charge is -2.23. The maximum absolute atomic E-state index is 10.7. The number of benzene rings is 1.